The van der Waals surface area contributed by atoms with Crippen molar-refractivity contribution in [1.29, 1.82) is 0 Å². The van der Waals surface area contributed by atoms with Crippen molar-refractivity contribution in [3.05, 3.63) is 24.3 Å². The topological polar surface area (TPSA) is 533 Å². The number of aliphatic hydroxyl groups excluding tert-OH is 1. The number of allylic oxidation sites excluding steroid dienone is 3. The highest BCUT2D eigenvalue weighted by atomic mass is 16.5. The lowest BCUT2D eigenvalue weighted by molar-refractivity contribution is -0.873. The Kier molecular flexibility index (Phi) is 34.6. The van der Waals surface area contributed by atoms with Crippen molar-refractivity contribution in [3.63, 3.8) is 0 Å². The number of carbonyl (C=O) groups is 16. The van der Waals surface area contributed by atoms with E-state index in [1.54, 1.807) is 40.2 Å². The van der Waals surface area contributed by atoms with Gasteiger partial charge >= 0.3 is 29.8 Å². The molecule has 17 N–H and O–H groups in total. The standard InChI is InChI=1S/C63H101N13O22/c1-30(2)20-16-14-15-17-22-41(77)69-47(34(8)61(92)93)57(88)73-49-36(10)66-54(85)40-24-33(7)28-75(40)60(91)46(32(5)6)72-56(87)48(35(9)62(94)95)70-42(78)27-65-52(83)39(26-44(81)98-37(25-43(79)80)29-76(11,12)13)68-59(90)50(51(82)63(96)97)74-53(84)38(21-18-19-23-64)67-55(86)45(31(3)4)71-58(49)89/h14-15,17,22,30-40,45-51,82H,16,18-21,23-29,64H2,1-13H3,(H13-,65,66,67,68,69,70,71,72,73,74,77,78,79,80,83,84,85,86,87,88,89,90,92,93,94,95,96,97)/p+1/b15-14-,22-17+/t33-,34?,35?,36?,37?,38+,39+,40+,45-,46+,47+,48-,49+,50+,51?/m1/s1. The van der Waals surface area contributed by atoms with Gasteiger partial charge in [0.15, 0.2) is 12.2 Å². The molecule has 0 radical (unpaired) electrons. The second-order valence-electron chi connectivity index (χ2n) is 26.9. The van der Waals surface area contributed by atoms with Crippen molar-refractivity contribution in [2.45, 2.75) is 193 Å². The molecule has 35 heteroatoms. The summed E-state index contributed by atoms with van der Waals surface area (Å²) in [6.45, 7) is 13.5. The summed E-state index contributed by atoms with van der Waals surface area (Å²) in [7, 11) is 4.88. The lowest BCUT2D eigenvalue weighted by Crippen LogP contribution is -2.65. The van der Waals surface area contributed by atoms with Crippen LogP contribution in [0.5, 0.6) is 0 Å². The van der Waals surface area contributed by atoms with E-state index < -0.39 is 216 Å². The molecule has 5 unspecified atom stereocenters. The van der Waals surface area contributed by atoms with Gasteiger partial charge < -0.3 is 98.6 Å². The molecule has 2 aliphatic heterocycles. The van der Waals surface area contributed by atoms with Crippen LogP contribution in [0.3, 0.4) is 0 Å². The summed E-state index contributed by atoms with van der Waals surface area (Å²) >= 11 is 0. The number of quaternary nitrogens is 1. The number of hydrogen-bond donors (Lipinski definition) is 16. The molecule has 0 aromatic rings. The van der Waals surface area contributed by atoms with E-state index in [9.17, 15) is 102 Å². The van der Waals surface area contributed by atoms with Crippen LogP contribution < -0.4 is 58.9 Å². The van der Waals surface area contributed by atoms with Crippen molar-refractivity contribution >= 4 is 94.8 Å². The highest BCUT2D eigenvalue weighted by Gasteiger charge is 2.46. The van der Waals surface area contributed by atoms with E-state index in [0.29, 0.717) is 12.3 Å². The average molecular weight is 1390 g/mol. The summed E-state index contributed by atoms with van der Waals surface area (Å²) in [5.41, 5.74) is 5.75. The summed E-state index contributed by atoms with van der Waals surface area (Å²) in [6.07, 6.45) is 0.822. The van der Waals surface area contributed by atoms with Crippen molar-refractivity contribution in [2.24, 2.45) is 41.2 Å². The van der Waals surface area contributed by atoms with Gasteiger partial charge in [-0.2, -0.15) is 0 Å². The average Bonchev–Trinajstić information content (AvgIpc) is 1.67. The molecule has 2 fully saturated rings. The zero-order valence-corrected chi connectivity index (χ0v) is 57.8. The van der Waals surface area contributed by atoms with Crippen molar-refractivity contribution < 1.29 is 111 Å². The smallest absolute Gasteiger partial charge is 0.335 e. The first kappa shape index (κ1) is 85.0. The monoisotopic (exact) mass is 1390 g/mol. The Balaban J connectivity index is 3.05. The molecule has 2 rings (SSSR count). The van der Waals surface area contributed by atoms with E-state index in [4.69, 9.17) is 10.5 Å². The van der Waals surface area contributed by atoms with Crippen LogP contribution in [-0.4, -0.2) is 250 Å². The third kappa shape index (κ3) is 28.1. The number of aliphatic hydroxyl groups is 1. The number of carboxylic acids is 4. The van der Waals surface area contributed by atoms with E-state index in [1.807, 2.05) is 24.5 Å². The van der Waals surface area contributed by atoms with Gasteiger partial charge in [0.1, 0.15) is 60.9 Å². The van der Waals surface area contributed by atoms with Crippen LogP contribution in [0.2, 0.25) is 0 Å². The molecule has 98 heavy (non-hydrogen) atoms. The number of fused-ring (bicyclic) bond motifs is 1. The number of carboxylic acid groups (broad SMARTS) is 4. The molecular weight excluding hydrogens is 1290 g/mol. The number of rotatable bonds is 27. The van der Waals surface area contributed by atoms with Gasteiger partial charge in [0.25, 0.3) is 0 Å². The summed E-state index contributed by atoms with van der Waals surface area (Å²) in [5.74, 6) is -27.0. The van der Waals surface area contributed by atoms with Gasteiger partial charge in [0.05, 0.1) is 58.4 Å². The fourth-order valence-electron chi connectivity index (χ4n) is 10.4. The minimum atomic E-state index is -2.89. The Morgan fingerprint density at radius 2 is 1.26 bits per heavy atom. The zero-order chi connectivity index (χ0) is 74.8. The van der Waals surface area contributed by atoms with Gasteiger partial charge in [-0.05, 0) is 89.5 Å². The first-order valence-corrected chi connectivity index (χ1v) is 32.4. The molecule has 0 bridgehead atoms. The molecule has 0 aromatic heterocycles. The first-order valence-electron chi connectivity index (χ1n) is 32.4. The SMILES string of the molecule is CC(C)CC/C=C\C=C\C(=O)N[C@H](C(=O)N[C@@H]1C(=O)N[C@H](C(C)C)C(=O)N[C@@H](CCCCN)C(=O)N[C@@H](C(O)C(=O)O)C(=O)N[C@@H](CC(=O)OC(CC(=O)O)C[N+](C)(C)C)C(=O)NCC(=O)N[C@H](C(C)C(=O)O)C(=O)N[C@@H](C(C)C)C(=O)N2C[C@H](C)C[C@H]2C(=O)NC1C)C(C)C(=O)O. The normalized spacial score (nSPS) is 25.0. The molecule has 2 heterocycles. The Morgan fingerprint density at radius 3 is 1.81 bits per heavy atom. The van der Waals surface area contributed by atoms with Crippen molar-refractivity contribution in [1.82, 2.24) is 58.1 Å². The number of nitrogens with zero attached hydrogens (tertiary/aromatic N) is 2. The zero-order valence-electron chi connectivity index (χ0n) is 57.8. The van der Waals surface area contributed by atoms with Gasteiger partial charge in [0.2, 0.25) is 65.0 Å². The maximum atomic E-state index is 15.0. The number of nitrogens with two attached hydrogens (primary N) is 1. The molecule has 550 valence electrons. The van der Waals surface area contributed by atoms with Crippen molar-refractivity contribution in [3.8, 4) is 0 Å². The van der Waals surface area contributed by atoms with E-state index in [0.717, 1.165) is 31.2 Å². The molecule has 0 saturated carbocycles. The van der Waals surface area contributed by atoms with Gasteiger partial charge in [-0.1, -0.05) is 66.7 Å². The third-order valence-electron chi connectivity index (χ3n) is 16.0. The number of amides is 11. The minimum Gasteiger partial charge on any atom is -0.481 e. The third-order valence-corrected chi connectivity index (χ3v) is 16.0. The highest BCUT2D eigenvalue weighted by molar-refractivity contribution is 6.02. The molecule has 15 atom stereocenters. The van der Waals surface area contributed by atoms with E-state index in [-0.39, 0.29) is 49.8 Å². The quantitative estimate of drug-likeness (QED) is 0.0123. The molecule has 0 spiro atoms. The van der Waals surface area contributed by atoms with E-state index >= 15 is 0 Å². The largest absolute Gasteiger partial charge is 0.481 e. The number of esters is 1. The highest BCUT2D eigenvalue weighted by Crippen LogP contribution is 2.26. The van der Waals surface area contributed by atoms with Gasteiger partial charge in [-0.25, -0.2) is 4.79 Å². The number of ether oxygens (including phenoxy) is 1. The summed E-state index contributed by atoms with van der Waals surface area (Å²) in [6, 6.07) is -18.9. The molecule has 35 nitrogen and oxygen atoms in total. The molecule has 2 aliphatic rings. The van der Waals surface area contributed by atoms with Crippen LogP contribution in [0.1, 0.15) is 121 Å². The Bertz CT molecular complexity index is 2950. The van der Waals surface area contributed by atoms with Crippen LogP contribution >= 0.6 is 0 Å². The van der Waals surface area contributed by atoms with Crippen LogP contribution in [-0.2, 0) is 81.4 Å². The van der Waals surface area contributed by atoms with E-state index in [1.165, 1.54) is 40.7 Å². The number of likely N-dealkylation sites (N-methyl/N-ethyl adjacent to an activating group) is 1. The second kappa shape index (κ2) is 39.9. The summed E-state index contributed by atoms with van der Waals surface area (Å²) < 4.78 is 5.46. The molecule has 0 aromatic carbocycles. The Labute approximate surface area is 568 Å². The second-order valence-corrected chi connectivity index (χ2v) is 26.9. The number of hydrogen-bond acceptors (Lipinski definition) is 19. The number of carbonyl (C=O) groups excluding carboxylic acids is 12. The fraction of sp³-hybridized carbons (Fsp3) is 0.683. The molecule has 0 aliphatic carbocycles. The lowest BCUT2D eigenvalue weighted by Gasteiger charge is -2.34. The van der Waals surface area contributed by atoms with Crippen LogP contribution in [0.15, 0.2) is 24.3 Å². The Hall–Kier alpha value is -9.12. The summed E-state index contributed by atoms with van der Waals surface area (Å²) in [4.78, 5) is 222. The predicted molar refractivity (Wildman–Crippen MR) is 347 cm³/mol. The lowest BCUT2D eigenvalue weighted by atomic mass is 9.97. The fourth-order valence-corrected chi connectivity index (χ4v) is 10.4. The Morgan fingerprint density at radius 1 is 0.673 bits per heavy atom. The van der Waals surface area contributed by atoms with Crippen molar-refractivity contribution in [2.75, 3.05) is 47.3 Å². The number of aliphatic carboxylic acids is 4. The maximum absolute atomic E-state index is 15.0. The van der Waals surface area contributed by atoms with Crippen LogP contribution in [0.4, 0.5) is 0 Å². The van der Waals surface area contributed by atoms with Crippen LogP contribution in [0, 0.1) is 35.5 Å². The van der Waals surface area contributed by atoms with Gasteiger partial charge in [0, 0.05) is 12.6 Å². The van der Waals surface area contributed by atoms with Gasteiger partial charge in [-0.3, -0.25) is 71.9 Å². The van der Waals surface area contributed by atoms with Crippen LogP contribution in [0.25, 0.3) is 0 Å². The van der Waals surface area contributed by atoms with E-state index in [2.05, 4.69) is 42.5 Å². The molecular formula is C63H102N13O22+. The van der Waals surface area contributed by atoms with Gasteiger partial charge in [-0.15, -0.1) is 0 Å². The molecule has 2 saturated heterocycles. The minimum absolute atomic E-state index is 0.0316. The summed E-state index contributed by atoms with van der Waals surface area (Å²) in [5, 5.41) is 74.1. The number of nitrogens with one attached hydrogen (secondary N) is 10. The first-order chi connectivity index (χ1) is 45.5. The number of unbranched alkanes of at least 4 members (excludes halogenated alkanes) is 1. The molecule has 11 amide bonds. The maximum Gasteiger partial charge on any atom is 0.335 e. The predicted octanol–water partition coefficient (Wildman–Crippen LogP) is -3.90.